The van der Waals surface area contributed by atoms with Crippen LogP contribution in [-0.4, -0.2) is 30.3 Å². The molecule has 0 radical (unpaired) electrons. The minimum atomic E-state index is -1.61. The van der Waals surface area contributed by atoms with Gasteiger partial charge < -0.3 is 14.9 Å². The third-order valence-electron chi connectivity index (χ3n) is 2.67. The molecule has 0 unspecified atom stereocenters. The van der Waals surface area contributed by atoms with Gasteiger partial charge in [0.05, 0.1) is 0 Å². The highest BCUT2D eigenvalue weighted by Crippen LogP contribution is 2.19. The molecule has 0 saturated carbocycles. The maximum absolute atomic E-state index is 13.2. The molecule has 80 valence electrons. The van der Waals surface area contributed by atoms with Gasteiger partial charge in [-0.25, -0.2) is 4.39 Å². The molecule has 0 aromatic heterocycles. The SMILES string of the molecule is OB(O)c1cc(F)cc(N2CCCC2)c1. The smallest absolute Gasteiger partial charge is 0.423 e. The second-order valence-electron chi connectivity index (χ2n) is 3.81. The molecular weight excluding hydrogens is 196 g/mol. The quantitative estimate of drug-likeness (QED) is 0.679. The lowest BCUT2D eigenvalue weighted by molar-refractivity contribution is 0.425. The van der Waals surface area contributed by atoms with E-state index in [2.05, 4.69) is 4.90 Å². The van der Waals surface area contributed by atoms with Gasteiger partial charge in [-0.05, 0) is 36.5 Å². The summed E-state index contributed by atoms with van der Waals surface area (Å²) in [6.45, 7) is 1.81. The Labute approximate surface area is 88.3 Å². The molecule has 0 spiro atoms. The second-order valence-corrected chi connectivity index (χ2v) is 3.81. The summed E-state index contributed by atoms with van der Waals surface area (Å²) in [7, 11) is -1.61. The fourth-order valence-corrected chi connectivity index (χ4v) is 1.90. The zero-order valence-corrected chi connectivity index (χ0v) is 8.36. The molecule has 0 bridgehead atoms. The fourth-order valence-electron chi connectivity index (χ4n) is 1.90. The summed E-state index contributed by atoms with van der Waals surface area (Å²) in [6, 6.07) is 4.19. The molecule has 1 fully saturated rings. The van der Waals surface area contributed by atoms with Crippen molar-refractivity contribution >= 4 is 18.3 Å². The Morgan fingerprint density at radius 3 is 2.40 bits per heavy atom. The topological polar surface area (TPSA) is 43.7 Å². The van der Waals surface area contributed by atoms with Crippen LogP contribution in [0.4, 0.5) is 10.1 Å². The number of rotatable bonds is 2. The second kappa shape index (κ2) is 4.20. The Morgan fingerprint density at radius 1 is 1.13 bits per heavy atom. The van der Waals surface area contributed by atoms with Gasteiger partial charge >= 0.3 is 7.12 Å². The van der Waals surface area contributed by atoms with Gasteiger partial charge in [0.2, 0.25) is 0 Å². The first kappa shape index (κ1) is 10.5. The van der Waals surface area contributed by atoms with Crippen LogP contribution in [0.15, 0.2) is 18.2 Å². The van der Waals surface area contributed by atoms with Crippen molar-refractivity contribution < 1.29 is 14.4 Å². The van der Waals surface area contributed by atoms with Gasteiger partial charge in [-0.3, -0.25) is 0 Å². The third-order valence-corrected chi connectivity index (χ3v) is 2.67. The summed E-state index contributed by atoms with van der Waals surface area (Å²) >= 11 is 0. The molecular formula is C10H13BFNO2. The predicted octanol–water partition coefficient (Wildman–Crippen LogP) is 0.106. The first-order chi connectivity index (χ1) is 7.16. The summed E-state index contributed by atoms with van der Waals surface area (Å²) in [5, 5.41) is 18.0. The molecule has 0 amide bonds. The highest BCUT2D eigenvalue weighted by molar-refractivity contribution is 6.58. The van der Waals surface area contributed by atoms with E-state index in [1.807, 2.05) is 0 Å². The summed E-state index contributed by atoms with van der Waals surface area (Å²) in [5.74, 6) is -0.428. The Balaban J connectivity index is 2.30. The number of benzene rings is 1. The van der Waals surface area contributed by atoms with Crippen molar-refractivity contribution in [3.63, 3.8) is 0 Å². The van der Waals surface area contributed by atoms with E-state index in [4.69, 9.17) is 10.0 Å². The van der Waals surface area contributed by atoms with Crippen LogP contribution in [0.2, 0.25) is 0 Å². The van der Waals surface area contributed by atoms with E-state index in [0.29, 0.717) is 0 Å². The van der Waals surface area contributed by atoms with E-state index in [-0.39, 0.29) is 5.46 Å². The van der Waals surface area contributed by atoms with Crippen LogP contribution in [0.1, 0.15) is 12.8 Å². The van der Waals surface area contributed by atoms with Crippen molar-refractivity contribution in [3.05, 3.63) is 24.0 Å². The van der Waals surface area contributed by atoms with Crippen LogP contribution in [0.5, 0.6) is 0 Å². The molecule has 1 aromatic rings. The third kappa shape index (κ3) is 2.30. The lowest BCUT2D eigenvalue weighted by Gasteiger charge is -2.18. The maximum Gasteiger partial charge on any atom is 0.488 e. The molecule has 15 heavy (non-hydrogen) atoms. The summed E-state index contributed by atoms with van der Waals surface area (Å²) in [4.78, 5) is 2.05. The molecule has 3 nitrogen and oxygen atoms in total. The Bertz CT molecular complexity index is 353. The van der Waals surface area contributed by atoms with Crippen LogP contribution < -0.4 is 10.4 Å². The Kier molecular flexibility index (Phi) is 2.93. The first-order valence-corrected chi connectivity index (χ1v) is 5.08. The van der Waals surface area contributed by atoms with E-state index in [9.17, 15) is 4.39 Å². The van der Waals surface area contributed by atoms with Crippen LogP contribution in [-0.2, 0) is 0 Å². The number of hydrogen-bond acceptors (Lipinski definition) is 3. The van der Waals surface area contributed by atoms with Crippen molar-refractivity contribution in [2.45, 2.75) is 12.8 Å². The van der Waals surface area contributed by atoms with Crippen LogP contribution in [0.3, 0.4) is 0 Å². The van der Waals surface area contributed by atoms with Crippen LogP contribution in [0.25, 0.3) is 0 Å². The van der Waals surface area contributed by atoms with Crippen molar-refractivity contribution in [3.8, 4) is 0 Å². The number of anilines is 1. The molecule has 2 N–H and O–H groups in total. The van der Waals surface area contributed by atoms with Gasteiger partial charge in [0.1, 0.15) is 5.82 Å². The average molecular weight is 209 g/mol. The summed E-state index contributed by atoms with van der Waals surface area (Å²) < 4.78 is 13.2. The molecule has 1 aliphatic rings. The van der Waals surface area contributed by atoms with Crippen molar-refractivity contribution in [2.75, 3.05) is 18.0 Å². The normalized spacial score (nSPS) is 15.8. The van der Waals surface area contributed by atoms with E-state index >= 15 is 0 Å². The Morgan fingerprint density at radius 2 is 1.80 bits per heavy atom. The zero-order valence-electron chi connectivity index (χ0n) is 8.36. The highest BCUT2D eigenvalue weighted by Gasteiger charge is 2.17. The number of hydrogen-bond donors (Lipinski definition) is 2. The molecule has 5 heteroatoms. The predicted molar refractivity (Wildman–Crippen MR) is 57.7 cm³/mol. The zero-order chi connectivity index (χ0) is 10.8. The minimum absolute atomic E-state index is 0.205. The lowest BCUT2D eigenvalue weighted by Crippen LogP contribution is -2.31. The van der Waals surface area contributed by atoms with Gasteiger partial charge in [0, 0.05) is 18.8 Å². The van der Waals surface area contributed by atoms with Gasteiger partial charge in [-0.1, -0.05) is 0 Å². The van der Waals surface area contributed by atoms with Crippen molar-refractivity contribution in [2.24, 2.45) is 0 Å². The molecule has 1 aromatic carbocycles. The van der Waals surface area contributed by atoms with Gasteiger partial charge in [0.15, 0.2) is 0 Å². The monoisotopic (exact) mass is 209 g/mol. The van der Waals surface area contributed by atoms with E-state index in [1.54, 1.807) is 6.07 Å². The van der Waals surface area contributed by atoms with Gasteiger partial charge in [-0.15, -0.1) is 0 Å². The highest BCUT2D eigenvalue weighted by atomic mass is 19.1. The number of nitrogens with zero attached hydrogens (tertiary/aromatic N) is 1. The fraction of sp³-hybridized carbons (Fsp3) is 0.400. The van der Waals surface area contributed by atoms with Gasteiger partial charge in [0.25, 0.3) is 0 Å². The largest absolute Gasteiger partial charge is 0.488 e. The molecule has 1 saturated heterocycles. The molecule has 0 aliphatic carbocycles. The molecule has 0 atom stereocenters. The molecule has 1 aliphatic heterocycles. The Hall–Kier alpha value is -1.07. The molecule has 1 heterocycles. The average Bonchev–Trinajstić information content (AvgIpc) is 2.69. The molecule has 2 rings (SSSR count). The van der Waals surface area contributed by atoms with Crippen molar-refractivity contribution in [1.29, 1.82) is 0 Å². The standard InChI is InChI=1S/C10H13BFNO2/c12-9-5-8(11(14)15)6-10(7-9)13-3-1-2-4-13/h5-7,14-15H,1-4H2. The lowest BCUT2D eigenvalue weighted by atomic mass is 9.80. The summed E-state index contributed by atoms with van der Waals surface area (Å²) in [6.07, 6.45) is 2.21. The van der Waals surface area contributed by atoms with E-state index < -0.39 is 12.9 Å². The van der Waals surface area contributed by atoms with Crippen LogP contribution in [0, 0.1) is 5.82 Å². The van der Waals surface area contributed by atoms with Crippen LogP contribution >= 0.6 is 0 Å². The minimum Gasteiger partial charge on any atom is -0.423 e. The van der Waals surface area contributed by atoms with Crippen molar-refractivity contribution in [1.82, 2.24) is 0 Å². The van der Waals surface area contributed by atoms with Gasteiger partial charge in [-0.2, -0.15) is 0 Å². The van der Waals surface area contributed by atoms with E-state index in [0.717, 1.165) is 37.7 Å². The maximum atomic E-state index is 13.2. The summed E-state index contributed by atoms with van der Waals surface area (Å²) in [5.41, 5.74) is 0.938. The first-order valence-electron chi connectivity index (χ1n) is 5.08. The number of halogens is 1. The van der Waals surface area contributed by atoms with E-state index in [1.165, 1.54) is 6.07 Å².